The Morgan fingerprint density at radius 3 is 2.33 bits per heavy atom. The van der Waals surface area contributed by atoms with E-state index in [4.69, 9.17) is 11.6 Å². The first-order valence-corrected chi connectivity index (χ1v) is 11.2. The number of hydrogen-bond acceptors (Lipinski definition) is 3. The van der Waals surface area contributed by atoms with Crippen molar-refractivity contribution >= 4 is 40.1 Å². The van der Waals surface area contributed by atoms with E-state index in [0.29, 0.717) is 34.9 Å². The zero-order valence-electron chi connectivity index (χ0n) is 18.8. The molecule has 0 radical (unpaired) electrons. The molecule has 1 aromatic heterocycles. The number of nitrogens with one attached hydrogen (secondary N) is 1. The van der Waals surface area contributed by atoms with Gasteiger partial charge in [-0.25, -0.2) is 4.98 Å². The predicted octanol–water partition coefficient (Wildman–Crippen LogP) is 5.72. The van der Waals surface area contributed by atoms with Crippen molar-refractivity contribution in [2.24, 2.45) is 0 Å². The van der Waals surface area contributed by atoms with Crippen molar-refractivity contribution in [2.75, 3.05) is 18.4 Å². The Kier molecular flexibility index (Phi) is 6.47. The largest absolute Gasteiger partial charge is 0.339 e. The van der Waals surface area contributed by atoms with Gasteiger partial charge in [0.2, 0.25) is 0 Å². The lowest BCUT2D eigenvalue weighted by atomic mass is 10.1. The monoisotopic (exact) mass is 460 g/mol. The summed E-state index contributed by atoms with van der Waals surface area (Å²) in [5.41, 5.74) is 4.23. The smallest absolute Gasteiger partial charge is 0.255 e. The molecule has 3 aromatic carbocycles. The van der Waals surface area contributed by atoms with Crippen LogP contribution in [0.2, 0.25) is 5.02 Å². The van der Waals surface area contributed by atoms with Crippen LogP contribution < -0.4 is 5.32 Å². The van der Waals surface area contributed by atoms with E-state index >= 15 is 0 Å². The topological polar surface area (TPSA) is 67.2 Å². The molecule has 0 saturated carbocycles. The number of fused-ring (bicyclic) bond motifs is 1. The third-order valence-electron chi connectivity index (χ3n) is 5.59. The highest BCUT2D eigenvalue weighted by molar-refractivity contribution is 6.30. The van der Waals surface area contributed by atoms with E-state index in [1.54, 1.807) is 35.2 Å². The minimum Gasteiger partial charge on any atom is -0.339 e. The number of aryl methyl sites for hydroxylation is 1. The number of benzene rings is 3. The molecule has 0 fully saturated rings. The second kappa shape index (κ2) is 9.46. The summed E-state index contributed by atoms with van der Waals surface area (Å²) < 4.78 is 1.98. The summed E-state index contributed by atoms with van der Waals surface area (Å²) >= 11 is 6.18. The molecule has 7 heteroatoms. The van der Waals surface area contributed by atoms with Crippen LogP contribution in [0.4, 0.5) is 5.69 Å². The molecule has 1 heterocycles. The lowest BCUT2D eigenvalue weighted by molar-refractivity contribution is 0.0773. The summed E-state index contributed by atoms with van der Waals surface area (Å²) in [6.07, 6.45) is 0. The fraction of sp³-hybridized carbons (Fsp3) is 0.192. The van der Waals surface area contributed by atoms with Gasteiger partial charge in [-0.15, -0.1) is 0 Å². The molecule has 0 unspecified atom stereocenters. The van der Waals surface area contributed by atoms with E-state index < -0.39 is 0 Å². The molecule has 1 N–H and O–H groups in total. The van der Waals surface area contributed by atoms with Gasteiger partial charge in [0.25, 0.3) is 11.8 Å². The molecule has 0 saturated heterocycles. The molecular weight excluding hydrogens is 436 g/mol. The Morgan fingerprint density at radius 1 is 0.970 bits per heavy atom. The molecule has 168 valence electrons. The maximum atomic E-state index is 12.9. The first-order chi connectivity index (χ1) is 15.9. The van der Waals surface area contributed by atoms with Crippen LogP contribution in [0.1, 0.15) is 40.4 Å². The minimum absolute atomic E-state index is 0.0204. The Hall–Kier alpha value is -3.64. The van der Waals surface area contributed by atoms with Gasteiger partial charge in [-0.3, -0.25) is 14.2 Å². The Bertz CT molecular complexity index is 1320. The highest BCUT2D eigenvalue weighted by Crippen LogP contribution is 2.25. The van der Waals surface area contributed by atoms with Gasteiger partial charge >= 0.3 is 0 Å². The molecule has 0 aliphatic rings. The van der Waals surface area contributed by atoms with Crippen molar-refractivity contribution < 1.29 is 9.59 Å². The minimum atomic E-state index is -0.240. The number of halogens is 1. The third kappa shape index (κ3) is 4.61. The average molecular weight is 461 g/mol. The number of anilines is 1. The summed E-state index contributed by atoms with van der Waals surface area (Å²) in [4.78, 5) is 31.8. The normalized spacial score (nSPS) is 10.9. The van der Waals surface area contributed by atoms with E-state index in [0.717, 1.165) is 22.5 Å². The SMILES string of the molecule is CCN(CC)C(=O)c1ccc(NC(=O)c2ccc3nc(C)n(-c4cccc(Cl)c4)c3c2)cc1. The number of carbonyl (C=O) groups is 2. The highest BCUT2D eigenvalue weighted by Gasteiger charge is 2.15. The van der Waals surface area contributed by atoms with Crippen molar-refractivity contribution in [3.8, 4) is 5.69 Å². The molecule has 0 bridgehead atoms. The van der Waals surface area contributed by atoms with Gasteiger partial charge in [-0.05, 0) is 81.4 Å². The van der Waals surface area contributed by atoms with Crippen LogP contribution in [0, 0.1) is 6.92 Å². The second-order valence-corrected chi connectivity index (χ2v) is 8.12. The van der Waals surface area contributed by atoms with E-state index in [1.807, 2.05) is 61.7 Å². The summed E-state index contributed by atoms with van der Waals surface area (Å²) in [7, 11) is 0. The molecule has 0 aliphatic heterocycles. The van der Waals surface area contributed by atoms with E-state index in [9.17, 15) is 9.59 Å². The summed E-state index contributed by atoms with van der Waals surface area (Å²) in [5.74, 6) is 0.544. The van der Waals surface area contributed by atoms with Crippen LogP contribution in [0.5, 0.6) is 0 Å². The fourth-order valence-electron chi connectivity index (χ4n) is 3.87. The first kappa shape index (κ1) is 22.6. The van der Waals surface area contributed by atoms with Gasteiger partial charge in [0.1, 0.15) is 5.82 Å². The Balaban J connectivity index is 1.59. The molecule has 6 nitrogen and oxygen atoms in total. The van der Waals surface area contributed by atoms with Crippen molar-refractivity contribution in [3.63, 3.8) is 0 Å². The van der Waals surface area contributed by atoms with E-state index in [2.05, 4.69) is 10.3 Å². The molecule has 4 rings (SSSR count). The van der Waals surface area contributed by atoms with E-state index in [-0.39, 0.29) is 11.8 Å². The number of carbonyl (C=O) groups excluding carboxylic acids is 2. The van der Waals surface area contributed by atoms with Gasteiger partial charge in [0, 0.05) is 40.6 Å². The van der Waals surface area contributed by atoms with Crippen LogP contribution in [0.15, 0.2) is 66.7 Å². The van der Waals surface area contributed by atoms with Crippen molar-refractivity contribution in [2.45, 2.75) is 20.8 Å². The maximum Gasteiger partial charge on any atom is 0.255 e. The molecule has 2 amide bonds. The molecule has 0 aliphatic carbocycles. The molecule has 33 heavy (non-hydrogen) atoms. The number of amides is 2. The van der Waals surface area contributed by atoms with Gasteiger partial charge in [0.05, 0.1) is 11.0 Å². The van der Waals surface area contributed by atoms with Gasteiger partial charge in [0.15, 0.2) is 0 Å². The molecule has 4 aromatic rings. The van der Waals surface area contributed by atoms with Crippen LogP contribution >= 0.6 is 11.6 Å². The Morgan fingerprint density at radius 2 is 1.67 bits per heavy atom. The van der Waals surface area contributed by atoms with Crippen LogP contribution in [0.3, 0.4) is 0 Å². The third-order valence-corrected chi connectivity index (χ3v) is 5.83. The lowest BCUT2D eigenvalue weighted by Gasteiger charge is -2.18. The first-order valence-electron chi connectivity index (χ1n) is 10.9. The number of rotatable bonds is 6. The van der Waals surface area contributed by atoms with Crippen LogP contribution in [-0.2, 0) is 0 Å². The number of nitrogens with zero attached hydrogens (tertiary/aromatic N) is 3. The van der Waals surface area contributed by atoms with Crippen molar-refractivity contribution in [3.05, 3.63) is 88.7 Å². The maximum absolute atomic E-state index is 12.9. The number of aromatic nitrogens is 2. The second-order valence-electron chi connectivity index (χ2n) is 7.69. The van der Waals surface area contributed by atoms with Gasteiger partial charge < -0.3 is 10.2 Å². The number of hydrogen-bond donors (Lipinski definition) is 1. The average Bonchev–Trinajstić information content (AvgIpc) is 3.15. The molecule has 0 atom stereocenters. The summed E-state index contributed by atoms with van der Waals surface area (Å²) in [6, 6.07) is 19.9. The molecule has 0 spiro atoms. The van der Waals surface area contributed by atoms with Crippen molar-refractivity contribution in [1.82, 2.24) is 14.5 Å². The zero-order valence-corrected chi connectivity index (χ0v) is 19.6. The predicted molar refractivity (Wildman–Crippen MR) is 132 cm³/mol. The van der Waals surface area contributed by atoms with Gasteiger partial charge in [-0.2, -0.15) is 0 Å². The van der Waals surface area contributed by atoms with Crippen LogP contribution in [-0.4, -0.2) is 39.4 Å². The zero-order chi connectivity index (χ0) is 23.5. The van der Waals surface area contributed by atoms with E-state index in [1.165, 1.54) is 0 Å². The van der Waals surface area contributed by atoms with Crippen LogP contribution in [0.25, 0.3) is 16.7 Å². The summed E-state index contributed by atoms with van der Waals surface area (Å²) in [6.45, 7) is 7.13. The summed E-state index contributed by atoms with van der Waals surface area (Å²) in [5, 5.41) is 3.54. The fourth-order valence-corrected chi connectivity index (χ4v) is 4.06. The Labute approximate surface area is 197 Å². The van der Waals surface area contributed by atoms with Gasteiger partial charge in [-0.1, -0.05) is 17.7 Å². The highest BCUT2D eigenvalue weighted by atomic mass is 35.5. The number of imidazole rings is 1. The standard InChI is InChI=1S/C26H25ClN4O2/c1-4-30(5-2)26(33)18-9-12-21(13-10-18)29-25(32)19-11-14-23-24(15-19)31(17(3)28-23)22-8-6-7-20(27)16-22/h6-16H,4-5H2,1-3H3,(H,29,32). The lowest BCUT2D eigenvalue weighted by Crippen LogP contribution is -2.30. The molecular formula is C26H25ClN4O2. The van der Waals surface area contributed by atoms with Crippen molar-refractivity contribution in [1.29, 1.82) is 0 Å². The quantitative estimate of drug-likeness (QED) is 0.400.